The zero-order valence-electron chi connectivity index (χ0n) is 18.6. The molecular weight excluding hydrogens is 423 g/mol. The molecule has 0 heterocycles. The molecule has 1 aromatic rings. The van der Waals surface area contributed by atoms with E-state index in [0.29, 0.717) is 17.4 Å². The molecule has 3 aliphatic rings. The van der Waals surface area contributed by atoms with Crippen molar-refractivity contribution in [2.45, 2.75) is 83.4 Å². The Hall–Kier alpha value is -1.59. The minimum absolute atomic E-state index is 0.00564. The Morgan fingerprint density at radius 3 is 2.16 bits per heavy atom. The first kappa shape index (κ1) is 23.6. The van der Waals surface area contributed by atoms with Gasteiger partial charge in [0.25, 0.3) is 0 Å². The number of ether oxygens (including phenoxy) is 1. The predicted molar refractivity (Wildman–Crippen MR) is 114 cm³/mol. The SMILES string of the molecule is C/C=C/CC[C@@H]1CC[C@H]2[C@H](CC[C@H]3CC(c4cc(F)c(OC(F)(F)F)c(F)c4)CC[C@@H]32)C1. The van der Waals surface area contributed by atoms with Crippen LogP contribution in [0.15, 0.2) is 24.3 Å². The van der Waals surface area contributed by atoms with Crippen LogP contribution in [-0.2, 0) is 0 Å². The average molecular weight is 457 g/mol. The zero-order valence-corrected chi connectivity index (χ0v) is 18.6. The highest BCUT2D eigenvalue weighted by Crippen LogP contribution is 2.55. The van der Waals surface area contributed by atoms with Crippen LogP contribution in [0.4, 0.5) is 22.0 Å². The van der Waals surface area contributed by atoms with Gasteiger partial charge in [-0.3, -0.25) is 0 Å². The lowest BCUT2D eigenvalue weighted by Gasteiger charge is -2.51. The molecule has 3 saturated carbocycles. The Morgan fingerprint density at radius 2 is 1.53 bits per heavy atom. The molecule has 0 spiro atoms. The maximum absolute atomic E-state index is 14.2. The molecular formula is C26H33F5O. The van der Waals surface area contributed by atoms with Crippen molar-refractivity contribution in [3.8, 4) is 5.75 Å². The monoisotopic (exact) mass is 456 g/mol. The van der Waals surface area contributed by atoms with Gasteiger partial charge in [-0.05, 0) is 118 Å². The normalized spacial score (nSPS) is 33.1. The third-order valence-corrected chi connectivity index (χ3v) is 8.34. The smallest absolute Gasteiger partial charge is 0.399 e. The lowest BCUT2D eigenvalue weighted by atomic mass is 9.55. The topological polar surface area (TPSA) is 9.23 Å². The summed E-state index contributed by atoms with van der Waals surface area (Å²) in [5.74, 6) is -0.275. The number of alkyl halides is 3. The Morgan fingerprint density at radius 1 is 0.906 bits per heavy atom. The number of allylic oxidation sites excluding steroid dienone is 2. The summed E-state index contributed by atoms with van der Waals surface area (Å²) in [6, 6.07) is 2.08. The number of hydrogen-bond acceptors (Lipinski definition) is 1. The molecule has 178 valence electrons. The summed E-state index contributed by atoms with van der Waals surface area (Å²) in [6.45, 7) is 2.07. The number of benzene rings is 1. The molecule has 0 N–H and O–H groups in total. The second-order valence-corrected chi connectivity index (χ2v) is 10.1. The van der Waals surface area contributed by atoms with Crippen molar-refractivity contribution in [3.63, 3.8) is 0 Å². The maximum Gasteiger partial charge on any atom is 0.573 e. The summed E-state index contributed by atoms with van der Waals surface area (Å²) in [4.78, 5) is 0. The lowest BCUT2D eigenvalue weighted by molar-refractivity contribution is -0.276. The third-order valence-electron chi connectivity index (χ3n) is 8.34. The lowest BCUT2D eigenvalue weighted by Crippen LogP contribution is -2.41. The Labute approximate surface area is 187 Å². The van der Waals surface area contributed by atoms with Crippen molar-refractivity contribution >= 4 is 0 Å². The van der Waals surface area contributed by atoms with Crippen LogP contribution in [0.5, 0.6) is 5.75 Å². The highest BCUT2D eigenvalue weighted by molar-refractivity contribution is 5.33. The van der Waals surface area contributed by atoms with E-state index < -0.39 is 23.7 Å². The van der Waals surface area contributed by atoms with Crippen molar-refractivity contribution in [2.75, 3.05) is 0 Å². The van der Waals surface area contributed by atoms with Crippen molar-refractivity contribution in [1.29, 1.82) is 0 Å². The van der Waals surface area contributed by atoms with Gasteiger partial charge in [0.2, 0.25) is 5.75 Å². The molecule has 3 fully saturated rings. The van der Waals surface area contributed by atoms with E-state index in [1.807, 2.05) is 0 Å². The van der Waals surface area contributed by atoms with Gasteiger partial charge in [-0.25, -0.2) is 8.78 Å². The van der Waals surface area contributed by atoms with Crippen molar-refractivity contribution in [3.05, 3.63) is 41.5 Å². The number of halogens is 5. The van der Waals surface area contributed by atoms with Gasteiger partial charge < -0.3 is 4.74 Å². The third kappa shape index (κ3) is 5.31. The summed E-state index contributed by atoms with van der Waals surface area (Å²) in [5, 5.41) is 0. The Kier molecular flexibility index (Phi) is 7.16. The van der Waals surface area contributed by atoms with Gasteiger partial charge >= 0.3 is 6.36 Å². The predicted octanol–water partition coefficient (Wildman–Crippen LogP) is 8.55. The van der Waals surface area contributed by atoms with Gasteiger partial charge in [0.05, 0.1) is 0 Å². The highest BCUT2D eigenvalue weighted by Gasteiger charge is 2.44. The minimum Gasteiger partial charge on any atom is -0.399 e. The van der Waals surface area contributed by atoms with Gasteiger partial charge in [0.15, 0.2) is 11.6 Å². The van der Waals surface area contributed by atoms with E-state index in [-0.39, 0.29) is 5.92 Å². The molecule has 6 atom stereocenters. The van der Waals surface area contributed by atoms with Crippen molar-refractivity contribution in [2.24, 2.45) is 29.6 Å². The van der Waals surface area contributed by atoms with Crippen LogP contribution in [-0.4, -0.2) is 6.36 Å². The van der Waals surface area contributed by atoms with E-state index in [4.69, 9.17) is 0 Å². The molecule has 0 amide bonds. The molecule has 0 aliphatic heterocycles. The average Bonchev–Trinajstić information content (AvgIpc) is 2.75. The van der Waals surface area contributed by atoms with Gasteiger partial charge in [-0.1, -0.05) is 18.6 Å². The maximum atomic E-state index is 14.2. The van der Waals surface area contributed by atoms with E-state index in [9.17, 15) is 22.0 Å². The van der Waals surface area contributed by atoms with Gasteiger partial charge in [-0.15, -0.1) is 13.2 Å². The van der Waals surface area contributed by atoms with Crippen LogP contribution in [0.3, 0.4) is 0 Å². The first-order valence-corrected chi connectivity index (χ1v) is 12.1. The van der Waals surface area contributed by atoms with Crippen molar-refractivity contribution in [1.82, 2.24) is 0 Å². The standard InChI is InChI=1S/C26H33F5O/c1-2-3-4-5-16-6-10-21-18(12-16)7-8-19-13-17(9-11-22(19)21)20-14-23(27)25(24(28)15-20)32-26(29,30)31/h2-3,14-19,21-22H,4-13H2,1H3/b3-2+/t16-,17?,18-,19+,21+,22+/m1/s1. The molecule has 3 aliphatic carbocycles. The van der Waals surface area contributed by atoms with Crippen molar-refractivity contribution < 1.29 is 26.7 Å². The molecule has 0 saturated heterocycles. The van der Waals surface area contributed by atoms with Gasteiger partial charge in [0.1, 0.15) is 0 Å². The van der Waals surface area contributed by atoms with Gasteiger partial charge in [0, 0.05) is 0 Å². The molecule has 1 aromatic carbocycles. The molecule has 6 heteroatoms. The van der Waals surface area contributed by atoms with E-state index in [1.165, 1.54) is 38.5 Å². The van der Waals surface area contributed by atoms with Crippen LogP contribution >= 0.6 is 0 Å². The minimum atomic E-state index is -5.12. The summed E-state index contributed by atoms with van der Waals surface area (Å²) in [5.41, 5.74) is 0.461. The number of rotatable bonds is 5. The fourth-order valence-corrected chi connectivity index (χ4v) is 6.98. The van der Waals surface area contributed by atoms with Crippen LogP contribution in [0, 0.1) is 41.2 Å². The first-order valence-electron chi connectivity index (χ1n) is 12.1. The molecule has 1 nitrogen and oxygen atoms in total. The second-order valence-electron chi connectivity index (χ2n) is 10.1. The quantitative estimate of drug-likeness (QED) is 0.319. The molecule has 0 bridgehead atoms. The van der Waals surface area contributed by atoms with E-state index in [1.54, 1.807) is 0 Å². The second kappa shape index (κ2) is 9.72. The van der Waals surface area contributed by atoms with Gasteiger partial charge in [-0.2, -0.15) is 0 Å². The summed E-state index contributed by atoms with van der Waals surface area (Å²) < 4.78 is 69.3. The van der Waals surface area contributed by atoms with E-state index in [2.05, 4.69) is 23.8 Å². The fraction of sp³-hybridized carbons (Fsp3) is 0.692. The molecule has 0 aromatic heterocycles. The molecule has 0 radical (unpaired) electrons. The highest BCUT2D eigenvalue weighted by atomic mass is 19.4. The Bertz CT molecular complexity index is 794. The van der Waals surface area contributed by atoms with Crippen LogP contribution in [0.1, 0.15) is 82.6 Å². The van der Waals surface area contributed by atoms with E-state index >= 15 is 0 Å². The van der Waals surface area contributed by atoms with Crippen LogP contribution < -0.4 is 4.74 Å². The first-order chi connectivity index (χ1) is 15.2. The fourth-order valence-electron chi connectivity index (χ4n) is 6.98. The summed E-state index contributed by atoms with van der Waals surface area (Å²) in [6.07, 6.45) is 10.8. The molecule has 1 unspecified atom stereocenters. The summed E-state index contributed by atoms with van der Waals surface area (Å²) in [7, 11) is 0. The largest absolute Gasteiger partial charge is 0.573 e. The zero-order chi connectivity index (χ0) is 22.9. The molecule has 4 rings (SSSR count). The number of fused-ring (bicyclic) bond motifs is 3. The van der Waals surface area contributed by atoms with E-state index in [0.717, 1.165) is 55.6 Å². The Balaban J connectivity index is 1.39. The summed E-state index contributed by atoms with van der Waals surface area (Å²) >= 11 is 0. The van der Waals surface area contributed by atoms with Crippen LogP contribution in [0.25, 0.3) is 0 Å². The molecule has 32 heavy (non-hydrogen) atoms. The van der Waals surface area contributed by atoms with Crippen LogP contribution in [0.2, 0.25) is 0 Å². The number of hydrogen-bond donors (Lipinski definition) is 0.